The summed E-state index contributed by atoms with van der Waals surface area (Å²) >= 11 is 4.40. The lowest BCUT2D eigenvalue weighted by Gasteiger charge is -2.33. The van der Waals surface area contributed by atoms with Crippen LogP contribution in [-0.2, 0) is 42.8 Å². The predicted octanol–water partition coefficient (Wildman–Crippen LogP) is 7.57. The summed E-state index contributed by atoms with van der Waals surface area (Å²) in [4.78, 5) is 77.3. The fourth-order valence-corrected chi connectivity index (χ4v) is 11.7. The summed E-state index contributed by atoms with van der Waals surface area (Å²) in [5.41, 5.74) is -1.41. The van der Waals surface area contributed by atoms with Crippen LogP contribution < -0.4 is 30.5 Å². The number of fused-ring (bicyclic) bond motifs is 6. The van der Waals surface area contributed by atoms with Gasteiger partial charge in [0.2, 0.25) is 0 Å². The minimum atomic E-state index is -1.26. The first-order valence-corrected chi connectivity index (χ1v) is 28.2. The minimum Gasteiger partial charge on any atom is -0.482 e. The van der Waals surface area contributed by atoms with Crippen LogP contribution in [0.25, 0.3) is 60.5 Å². The summed E-state index contributed by atoms with van der Waals surface area (Å²) in [5, 5.41) is 35.4. The van der Waals surface area contributed by atoms with E-state index in [1.807, 2.05) is 43.3 Å². The number of esters is 3. The fraction of sp³-hybridized carbons (Fsp3) is 0.300. The molecule has 0 amide bonds. The summed E-state index contributed by atoms with van der Waals surface area (Å²) < 4.78 is 55.2. The normalized spacial score (nSPS) is 13.5. The molecule has 0 spiro atoms. The van der Waals surface area contributed by atoms with E-state index >= 15 is 0 Å². The highest BCUT2D eigenvalue weighted by molar-refractivity contribution is 7.25. The summed E-state index contributed by atoms with van der Waals surface area (Å²) in [5.74, 6) is -1.43. The molecule has 81 heavy (non-hydrogen) atoms. The first-order chi connectivity index (χ1) is 39.2. The molecule has 0 aliphatic heterocycles. The van der Waals surface area contributed by atoms with Crippen molar-refractivity contribution < 1.29 is 72.3 Å². The second-order valence-corrected chi connectivity index (χ2v) is 22.3. The fourth-order valence-electron chi connectivity index (χ4n) is 8.55. The quantitative estimate of drug-likeness (QED) is 0.0243. The number of carbonyl (C=O) groups is 3. The molecule has 422 valence electrons. The van der Waals surface area contributed by atoms with Crippen LogP contribution in [0, 0.1) is 5.41 Å². The number of benzene rings is 6. The van der Waals surface area contributed by atoms with Crippen LogP contribution >= 0.6 is 34.0 Å². The lowest BCUT2D eigenvalue weighted by atomic mass is 9.88. The number of aliphatic hydroxyl groups is 3. The number of ether oxygens (including phenoxy) is 9. The van der Waals surface area contributed by atoms with Crippen molar-refractivity contribution in [2.45, 2.75) is 31.7 Å². The van der Waals surface area contributed by atoms with Crippen LogP contribution in [0.5, 0.6) is 17.2 Å². The molecule has 3 unspecified atom stereocenters. The van der Waals surface area contributed by atoms with E-state index in [1.165, 1.54) is 34.0 Å². The molecule has 0 radical (unpaired) electrons. The molecule has 6 aromatic carbocycles. The summed E-state index contributed by atoms with van der Waals surface area (Å²) in [6.45, 7) is -2.04. The van der Waals surface area contributed by atoms with Gasteiger partial charge in [-0.05, 0) is 97.4 Å². The van der Waals surface area contributed by atoms with Crippen molar-refractivity contribution in [2.75, 3.05) is 79.3 Å². The van der Waals surface area contributed by atoms with Crippen molar-refractivity contribution in [1.82, 2.24) is 0 Å². The Labute approximate surface area is 474 Å². The molecule has 0 aliphatic carbocycles. The largest absolute Gasteiger partial charge is 0.482 e. The van der Waals surface area contributed by atoms with Crippen LogP contribution in [-0.4, -0.2) is 131 Å². The number of hydrogen-bond donors (Lipinski definition) is 3. The molecule has 0 saturated carbocycles. The highest BCUT2D eigenvalue weighted by Crippen LogP contribution is 2.31. The van der Waals surface area contributed by atoms with E-state index in [1.54, 1.807) is 91.0 Å². The average molecular weight is 1160 g/mol. The molecule has 9 rings (SSSR count). The highest BCUT2D eigenvalue weighted by Gasteiger charge is 2.31. The molecule has 21 heteroatoms. The van der Waals surface area contributed by atoms with Gasteiger partial charge in [0.15, 0.2) is 36.1 Å². The third kappa shape index (κ3) is 15.1. The molecule has 9 aromatic rings. The zero-order chi connectivity index (χ0) is 56.9. The van der Waals surface area contributed by atoms with Crippen molar-refractivity contribution in [1.29, 1.82) is 0 Å². The molecule has 3 aromatic heterocycles. The zero-order valence-corrected chi connectivity index (χ0v) is 46.2. The Hall–Kier alpha value is -7.44. The van der Waals surface area contributed by atoms with Gasteiger partial charge in [0.1, 0.15) is 55.4 Å². The van der Waals surface area contributed by atoms with Crippen molar-refractivity contribution >= 4 is 112 Å². The maximum Gasteiger partial charge on any atom is 0.344 e. The number of aliphatic hydroxyl groups excluding tert-OH is 3. The Morgan fingerprint density at radius 3 is 0.988 bits per heavy atom. The minimum absolute atomic E-state index is 0.0821. The Kier molecular flexibility index (Phi) is 19.7. The van der Waals surface area contributed by atoms with Gasteiger partial charge in [-0.15, -0.1) is 34.0 Å². The van der Waals surface area contributed by atoms with Crippen molar-refractivity contribution in [3.05, 3.63) is 158 Å². The Morgan fingerprint density at radius 1 is 0.407 bits per heavy atom. The van der Waals surface area contributed by atoms with Gasteiger partial charge in [0.05, 0.1) is 39.6 Å². The van der Waals surface area contributed by atoms with Gasteiger partial charge < -0.3 is 58.0 Å². The second kappa shape index (κ2) is 27.3. The van der Waals surface area contributed by atoms with Crippen LogP contribution in [0.4, 0.5) is 0 Å². The van der Waals surface area contributed by atoms with E-state index in [0.29, 0.717) is 56.0 Å². The van der Waals surface area contributed by atoms with Crippen LogP contribution in [0.15, 0.2) is 142 Å². The van der Waals surface area contributed by atoms with Gasteiger partial charge in [-0.3, -0.25) is 14.4 Å². The number of hydrogen-bond acceptors (Lipinski definition) is 21. The summed E-state index contributed by atoms with van der Waals surface area (Å²) in [6, 6.07) is 36.8. The first kappa shape index (κ1) is 58.2. The smallest absolute Gasteiger partial charge is 0.344 e. The van der Waals surface area contributed by atoms with E-state index < -0.39 is 81.3 Å². The molecule has 18 nitrogen and oxygen atoms in total. The maximum atomic E-state index is 13.1. The van der Waals surface area contributed by atoms with Gasteiger partial charge in [0.25, 0.3) is 0 Å². The van der Waals surface area contributed by atoms with Crippen LogP contribution in [0.2, 0.25) is 0 Å². The van der Waals surface area contributed by atoms with E-state index in [4.69, 9.17) is 42.6 Å². The molecule has 0 saturated heterocycles. The van der Waals surface area contributed by atoms with Gasteiger partial charge in [0, 0.05) is 65.9 Å². The molecule has 3 heterocycles. The number of carbonyl (C=O) groups excluding carboxylic acids is 3. The molecular formula is C60H56O18S3. The topological polar surface area (TPSA) is 246 Å². The standard InChI is InChI=1S/C60H56O18S3/c1-2-60(33-70-24-36(61)27-76-54(64)30-73-39-15-18-51-45(21-39)57(67)42-9-3-6-12-48(42)79-51,34-71-25-37(62)28-77-55(65)31-74-40-16-19-52-46(22-40)58(68)43-10-4-7-13-49(43)80-52)35-72-26-38(63)29-78-56(66)32-75-41-17-20-53-47(23-41)59(69)44-11-5-8-14-50(44)81-53/h3-23,36-38,61-63H,2,24-35H2,1H3. The highest BCUT2D eigenvalue weighted by atomic mass is 32.1. The third-order valence-electron chi connectivity index (χ3n) is 12.9. The molecule has 3 atom stereocenters. The van der Waals surface area contributed by atoms with E-state index in [2.05, 4.69) is 0 Å². The first-order valence-electron chi connectivity index (χ1n) is 25.7. The lowest BCUT2D eigenvalue weighted by molar-refractivity contribution is -0.152. The van der Waals surface area contributed by atoms with Gasteiger partial charge in [-0.1, -0.05) is 43.3 Å². The molecule has 0 bridgehead atoms. The third-order valence-corrected chi connectivity index (χ3v) is 16.4. The second-order valence-electron chi connectivity index (χ2n) is 19.0. The summed E-state index contributed by atoms with van der Waals surface area (Å²) in [7, 11) is 0. The SMILES string of the molecule is CCC(COCC(O)COC(=O)COc1ccc2sc3ccccc3c(=O)c2c1)(COCC(O)COC(=O)COc1ccc2sc3ccccc3c(=O)c2c1)COCC(O)COC(=O)COc1ccc2sc3ccccc3c(=O)c2c1. The Bertz CT molecular complexity index is 3500. The zero-order valence-electron chi connectivity index (χ0n) is 43.7. The van der Waals surface area contributed by atoms with Gasteiger partial charge in [-0.25, -0.2) is 14.4 Å². The molecule has 3 N–H and O–H groups in total. The molecular weight excluding hydrogens is 1100 g/mol. The van der Waals surface area contributed by atoms with Crippen molar-refractivity contribution in [3.63, 3.8) is 0 Å². The van der Waals surface area contributed by atoms with Crippen molar-refractivity contribution in [3.8, 4) is 17.2 Å². The van der Waals surface area contributed by atoms with E-state index in [-0.39, 0.29) is 55.9 Å². The van der Waals surface area contributed by atoms with Crippen LogP contribution in [0.1, 0.15) is 13.3 Å². The maximum absolute atomic E-state index is 13.1. The monoisotopic (exact) mass is 1160 g/mol. The van der Waals surface area contributed by atoms with Crippen LogP contribution in [0.3, 0.4) is 0 Å². The molecule has 0 aliphatic rings. The van der Waals surface area contributed by atoms with E-state index in [0.717, 1.165) is 28.2 Å². The van der Waals surface area contributed by atoms with Gasteiger partial charge >= 0.3 is 17.9 Å². The summed E-state index contributed by atoms with van der Waals surface area (Å²) in [6.07, 6.45) is -3.43. The average Bonchev–Trinajstić information content (AvgIpc) is 3.48. The van der Waals surface area contributed by atoms with Gasteiger partial charge in [-0.2, -0.15) is 0 Å². The predicted molar refractivity (Wildman–Crippen MR) is 309 cm³/mol. The Morgan fingerprint density at radius 2 is 0.691 bits per heavy atom. The van der Waals surface area contributed by atoms with E-state index in [9.17, 15) is 44.1 Å². The van der Waals surface area contributed by atoms with Crippen molar-refractivity contribution in [2.24, 2.45) is 5.41 Å². The number of rotatable bonds is 28. The lowest BCUT2D eigenvalue weighted by Crippen LogP contribution is -2.40. The Balaban J connectivity index is 0.734. The molecule has 0 fully saturated rings.